The fourth-order valence-corrected chi connectivity index (χ4v) is 2.41. The number of phenolic OH excluding ortho intramolecular Hbond substituents is 1. The Balaban J connectivity index is 2.09. The van der Waals surface area contributed by atoms with E-state index in [1.165, 1.54) is 0 Å². The van der Waals surface area contributed by atoms with E-state index in [0.717, 1.165) is 18.4 Å². The standard InChI is InChI=1S/C17H24O5/c1-4-5-6-17(19)22-13-9-14-15(20-10-13)7-12(18)8-16(14)21-11(2)3/h7-8,11,13,18H,4-6,9-10H2,1-3H3. The van der Waals surface area contributed by atoms with Crippen LogP contribution in [0.3, 0.4) is 0 Å². The highest BCUT2D eigenvalue weighted by Crippen LogP contribution is 2.38. The SMILES string of the molecule is CCCCC(=O)OC1COc2cc(O)cc(OC(C)C)c2C1. The number of esters is 1. The lowest BCUT2D eigenvalue weighted by Gasteiger charge is -2.27. The second-order valence-electron chi connectivity index (χ2n) is 5.82. The van der Waals surface area contributed by atoms with Crippen molar-refractivity contribution >= 4 is 5.97 Å². The Morgan fingerprint density at radius 2 is 2.23 bits per heavy atom. The number of fused-ring (bicyclic) bond motifs is 1. The molecule has 5 heteroatoms. The van der Waals surface area contributed by atoms with E-state index in [0.29, 0.717) is 30.9 Å². The lowest BCUT2D eigenvalue weighted by atomic mass is 10.0. The molecule has 1 heterocycles. The lowest BCUT2D eigenvalue weighted by Crippen LogP contribution is -2.31. The second kappa shape index (κ2) is 7.38. The average molecular weight is 308 g/mol. The molecule has 0 spiro atoms. The number of aromatic hydroxyl groups is 1. The molecule has 2 rings (SSSR count). The number of hydrogen-bond donors (Lipinski definition) is 1. The van der Waals surface area contributed by atoms with Crippen LogP contribution >= 0.6 is 0 Å². The zero-order valence-corrected chi connectivity index (χ0v) is 13.4. The Hall–Kier alpha value is -1.91. The number of hydrogen-bond acceptors (Lipinski definition) is 5. The van der Waals surface area contributed by atoms with Crippen LogP contribution in [-0.4, -0.2) is 29.9 Å². The molecule has 0 bridgehead atoms. The van der Waals surface area contributed by atoms with Gasteiger partial charge in [0.05, 0.1) is 6.10 Å². The number of carbonyl (C=O) groups excluding carboxylic acids is 1. The first-order chi connectivity index (χ1) is 10.5. The molecule has 0 amide bonds. The van der Waals surface area contributed by atoms with Crippen molar-refractivity contribution in [2.24, 2.45) is 0 Å². The normalized spacial score (nSPS) is 16.8. The average Bonchev–Trinajstić information content (AvgIpc) is 2.45. The van der Waals surface area contributed by atoms with Crippen LogP contribution in [0.25, 0.3) is 0 Å². The highest BCUT2D eigenvalue weighted by molar-refractivity contribution is 5.69. The summed E-state index contributed by atoms with van der Waals surface area (Å²) in [7, 11) is 0. The van der Waals surface area contributed by atoms with Crippen LogP contribution in [0, 0.1) is 0 Å². The maximum Gasteiger partial charge on any atom is 0.306 e. The van der Waals surface area contributed by atoms with Gasteiger partial charge in [0.1, 0.15) is 30.0 Å². The number of unbranched alkanes of at least 4 members (excludes halogenated alkanes) is 1. The molecule has 1 aromatic carbocycles. The van der Waals surface area contributed by atoms with E-state index >= 15 is 0 Å². The predicted molar refractivity (Wildman–Crippen MR) is 82.5 cm³/mol. The summed E-state index contributed by atoms with van der Waals surface area (Å²) < 4.78 is 16.8. The summed E-state index contributed by atoms with van der Waals surface area (Å²) in [5, 5.41) is 9.75. The molecule has 0 aromatic heterocycles. The lowest BCUT2D eigenvalue weighted by molar-refractivity contribution is -0.151. The summed E-state index contributed by atoms with van der Waals surface area (Å²) in [6, 6.07) is 3.14. The van der Waals surface area contributed by atoms with Gasteiger partial charge in [-0.3, -0.25) is 4.79 Å². The molecule has 1 aromatic rings. The van der Waals surface area contributed by atoms with Gasteiger partial charge in [-0.25, -0.2) is 0 Å². The quantitative estimate of drug-likeness (QED) is 0.817. The summed E-state index contributed by atoms with van der Waals surface area (Å²) in [6.45, 7) is 6.18. The van der Waals surface area contributed by atoms with Crippen molar-refractivity contribution in [2.75, 3.05) is 6.61 Å². The van der Waals surface area contributed by atoms with Crippen LogP contribution in [0.4, 0.5) is 0 Å². The van der Waals surface area contributed by atoms with Gasteiger partial charge in [0.15, 0.2) is 0 Å². The van der Waals surface area contributed by atoms with Gasteiger partial charge in [-0.1, -0.05) is 13.3 Å². The second-order valence-corrected chi connectivity index (χ2v) is 5.82. The van der Waals surface area contributed by atoms with Gasteiger partial charge in [0, 0.05) is 30.5 Å². The monoisotopic (exact) mass is 308 g/mol. The molecule has 1 aliphatic rings. The molecule has 5 nitrogen and oxygen atoms in total. The third-order valence-corrected chi connectivity index (χ3v) is 3.40. The maximum atomic E-state index is 11.7. The van der Waals surface area contributed by atoms with Crippen LogP contribution in [0.2, 0.25) is 0 Å². The zero-order valence-electron chi connectivity index (χ0n) is 13.4. The number of carbonyl (C=O) groups is 1. The van der Waals surface area contributed by atoms with Crippen molar-refractivity contribution in [1.29, 1.82) is 0 Å². The Morgan fingerprint density at radius 3 is 2.91 bits per heavy atom. The number of benzene rings is 1. The van der Waals surface area contributed by atoms with Crippen LogP contribution in [-0.2, 0) is 16.0 Å². The summed E-state index contributed by atoms with van der Waals surface area (Å²) in [6.07, 6.45) is 2.44. The Morgan fingerprint density at radius 1 is 1.45 bits per heavy atom. The van der Waals surface area contributed by atoms with E-state index in [1.807, 2.05) is 20.8 Å². The summed E-state index contributed by atoms with van der Waals surface area (Å²) in [4.78, 5) is 11.7. The summed E-state index contributed by atoms with van der Waals surface area (Å²) in [5.74, 6) is 1.09. The van der Waals surface area contributed by atoms with Crippen molar-refractivity contribution in [3.8, 4) is 17.2 Å². The van der Waals surface area contributed by atoms with Gasteiger partial charge in [-0.2, -0.15) is 0 Å². The highest BCUT2D eigenvalue weighted by atomic mass is 16.6. The Labute approximate surface area is 131 Å². The van der Waals surface area contributed by atoms with E-state index in [2.05, 4.69) is 0 Å². The van der Waals surface area contributed by atoms with Gasteiger partial charge >= 0.3 is 5.97 Å². The van der Waals surface area contributed by atoms with E-state index in [9.17, 15) is 9.90 Å². The van der Waals surface area contributed by atoms with Crippen LogP contribution in [0.15, 0.2) is 12.1 Å². The minimum absolute atomic E-state index is 0.0154. The molecular formula is C17H24O5. The van der Waals surface area contributed by atoms with Gasteiger partial charge in [0.25, 0.3) is 0 Å². The fourth-order valence-electron chi connectivity index (χ4n) is 2.41. The number of ether oxygens (including phenoxy) is 3. The highest BCUT2D eigenvalue weighted by Gasteiger charge is 2.27. The third kappa shape index (κ3) is 4.29. The molecule has 1 N–H and O–H groups in total. The first kappa shape index (κ1) is 16.5. The molecule has 0 saturated heterocycles. The smallest absolute Gasteiger partial charge is 0.306 e. The first-order valence-electron chi connectivity index (χ1n) is 7.84. The van der Waals surface area contributed by atoms with Crippen LogP contribution in [0.1, 0.15) is 45.6 Å². The summed E-state index contributed by atoms with van der Waals surface area (Å²) in [5.41, 5.74) is 0.839. The molecule has 22 heavy (non-hydrogen) atoms. The van der Waals surface area contributed by atoms with E-state index in [1.54, 1.807) is 12.1 Å². The van der Waals surface area contributed by atoms with E-state index in [4.69, 9.17) is 14.2 Å². The number of rotatable bonds is 6. The van der Waals surface area contributed by atoms with Gasteiger partial charge in [0.2, 0.25) is 0 Å². The van der Waals surface area contributed by atoms with Gasteiger partial charge in [-0.15, -0.1) is 0 Å². The largest absolute Gasteiger partial charge is 0.508 e. The minimum Gasteiger partial charge on any atom is -0.508 e. The van der Waals surface area contributed by atoms with Crippen LogP contribution < -0.4 is 9.47 Å². The third-order valence-electron chi connectivity index (χ3n) is 3.40. The summed E-state index contributed by atoms with van der Waals surface area (Å²) >= 11 is 0. The van der Waals surface area contributed by atoms with Crippen LogP contribution in [0.5, 0.6) is 17.2 Å². The Kier molecular flexibility index (Phi) is 5.52. The van der Waals surface area contributed by atoms with Crippen molar-refractivity contribution in [1.82, 2.24) is 0 Å². The molecule has 1 atom stereocenters. The molecule has 1 aliphatic heterocycles. The molecule has 0 fully saturated rings. The van der Waals surface area contributed by atoms with Crippen molar-refractivity contribution in [3.05, 3.63) is 17.7 Å². The van der Waals surface area contributed by atoms with Crippen molar-refractivity contribution < 1.29 is 24.1 Å². The van der Waals surface area contributed by atoms with Gasteiger partial charge in [-0.05, 0) is 20.3 Å². The van der Waals surface area contributed by atoms with E-state index in [-0.39, 0.29) is 23.9 Å². The molecule has 0 radical (unpaired) electrons. The molecule has 122 valence electrons. The fraction of sp³-hybridized carbons (Fsp3) is 0.588. The predicted octanol–water partition coefficient (Wildman–Crippen LogP) is 3.22. The number of phenols is 1. The molecule has 1 unspecified atom stereocenters. The molecule has 0 saturated carbocycles. The van der Waals surface area contributed by atoms with Gasteiger partial charge < -0.3 is 19.3 Å². The maximum absolute atomic E-state index is 11.7. The topological polar surface area (TPSA) is 65.0 Å². The molecular weight excluding hydrogens is 284 g/mol. The minimum atomic E-state index is -0.309. The molecule has 0 aliphatic carbocycles. The Bertz CT molecular complexity index is 524. The van der Waals surface area contributed by atoms with Crippen molar-refractivity contribution in [2.45, 2.75) is 58.7 Å². The first-order valence-corrected chi connectivity index (χ1v) is 7.84. The van der Waals surface area contributed by atoms with Crippen molar-refractivity contribution in [3.63, 3.8) is 0 Å². The van der Waals surface area contributed by atoms with E-state index < -0.39 is 0 Å². The zero-order chi connectivity index (χ0) is 16.1.